The summed E-state index contributed by atoms with van der Waals surface area (Å²) in [6.45, 7) is 12.8. The number of rotatable bonds is 8. The highest BCUT2D eigenvalue weighted by molar-refractivity contribution is 7.97. The summed E-state index contributed by atoms with van der Waals surface area (Å²) in [5.41, 5.74) is 1.65. The Labute approximate surface area is 220 Å². The number of nitrogens with one attached hydrogen (secondary N) is 1. The fourth-order valence-electron chi connectivity index (χ4n) is 5.32. The van der Waals surface area contributed by atoms with Gasteiger partial charge in [-0.2, -0.15) is 0 Å². The Bertz CT molecular complexity index is 719. The third-order valence-electron chi connectivity index (χ3n) is 7.51. The fraction of sp³-hybridized carbons (Fsp3) is 0.760. The molecule has 10 heteroatoms. The molecule has 8 nitrogen and oxygen atoms in total. The van der Waals surface area contributed by atoms with Gasteiger partial charge in [-0.1, -0.05) is 63.9 Å². The molecule has 1 fully saturated rings. The van der Waals surface area contributed by atoms with Crippen LogP contribution in [0.25, 0.3) is 0 Å². The van der Waals surface area contributed by atoms with Crippen LogP contribution in [0.15, 0.2) is 35.5 Å². The minimum atomic E-state index is -0.714. The van der Waals surface area contributed by atoms with Crippen LogP contribution in [0, 0.1) is 11.3 Å². The number of aliphatic hydroxyl groups is 1. The van der Waals surface area contributed by atoms with E-state index in [9.17, 15) is 5.11 Å². The summed E-state index contributed by atoms with van der Waals surface area (Å²) in [5.74, 6) is 0.540. The smallest absolute Gasteiger partial charge is 0.0931 e. The lowest BCUT2D eigenvalue weighted by atomic mass is 9.64. The van der Waals surface area contributed by atoms with Crippen LogP contribution in [0.4, 0.5) is 0 Å². The number of likely N-dealkylation sites (tertiary alicyclic amines) is 1. The highest BCUT2D eigenvalue weighted by Gasteiger charge is 2.50. The van der Waals surface area contributed by atoms with Gasteiger partial charge in [0.1, 0.15) is 0 Å². The first kappa shape index (κ1) is 36.7. The van der Waals surface area contributed by atoms with Crippen LogP contribution in [-0.2, 0) is 0 Å². The van der Waals surface area contributed by atoms with E-state index in [0.29, 0.717) is 17.2 Å². The molecule has 4 atom stereocenters. The van der Waals surface area contributed by atoms with E-state index in [2.05, 4.69) is 62.2 Å². The second-order valence-corrected chi connectivity index (χ2v) is 12.1. The lowest BCUT2D eigenvalue weighted by molar-refractivity contribution is -0.0959. The van der Waals surface area contributed by atoms with Crippen molar-refractivity contribution in [1.82, 2.24) is 10.2 Å². The first-order chi connectivity index (χ1) is 14.6. The van der Waals surface area contributed by atoms with Crippen molar-refractivity contribution < 1.29 is 27.0 Å². The molecule has 0 radical (unpaired) electrons. The Morgan fingerprint density at radius 1 is 1.23 bits per heavy atom. The Morgan fingerprint density at radius 2 is 1.91 bits per heavy atom. The highest BCUT2D eigenvalue weighted by Crippen LogP contribution is 2.46. The molecule has 2 unspecified atom stereocenters. The van der Waals surface area contributed by atoms with Crippen LogP contribution in [-0.4, -0.2) is 80.4 Å². The average Bonchev–Trinajstić information content (AvgIpc) is 2.74. The summed E-state index contributed by atoms with van der Waals surface area (Å²) in [5, 5.41) is 21.9. The molecule has 1 saturated heterocycles. The largest absolute Gasteiger partial charge is 0.412 e. The maximum Gasteiger partial charge on any atom is 0.0931 e. The Balaban J connectivity index is 0. The Kier molecular flexibility index (Phi) is 16.5. The van der Waals surface area contributed by atoms with Crippen molar-refractivity contribution >= 4 is 23.5 Å². The first-order valence-corrected chi connectivity index (χ1v) is 13.3. The van der Waals surface area contributed by atoms with Crippen molar-refractivity contribution in [3.63, 3.8) is 0 Å². The van der Waals surface area contributed by atoms with Gasteiger partial charge in [-0.05, 0) is 49.2 Å². The number of halogens is 1. The molecular weight excluding hydrogens is 490 g/mol. The normalized spacial score (nSPS) is 28.9. The van der Waals surface area contributed by atoms with E-state index < -0.39 is 5.60 Å². The number of hydrogen-bond donors (Lipinski definition) is 3. The van der Waals surface area contributed by atoms with Crippen LogP contribution in [0.5, 0.6) is 0 Å². The maximum absolute atomic E-state index is 11.7. The van der Waals surface area contributed by atoms with E-state index >= 15 is 0 Å². The molecule has 12 N–H and O–H groups in total. The zero-order valence-electron chi connectivity index (χ0n) is 21.7. The van der Waals surface area contributed by atoms with Gasteiger partial charge in [0.2, 0.25) is 0 Å². The van der Waals surface area contributed by atoms with Crippen molar-refractivity contribution in [2.24, 2.45) is 16.5 Å². The van der Waals surface area contributed by atoms with E-state index in [1.807, 2.05) is 0 Å². The average molecular weight is 540 g/mol. The molecule has 1 aliphatic heterocycles. The Hall–Kier alpha value is -0.460. The fourth-order valence-corrected chi connectivity index (χ4v) is 6.00. The van der Waals surface area contributed by atoms with Crippen molar-refractivity contribution in [2.75, 3.05) is 26.2 Å². The Morgan fingerprint density at radius 3 is 2.46 bits per heavy atom. The lowest BCUT2D eigenvalue weighted by Crippen LogP contribution is -2.60. The molecule has 0 saturated carbocycles. The van der Waals surface area contributed by atoms with Gasteiger partial charge in [0, 0.05) is 48.3 Å². The molecule has 35 heavy (non-hydrogen) atoms. The van der Waals surface area contributed by atoms with Crippen LogP contribution in [0.2, 0.25) is 0 Å². The monoisotopic (exact) mass is 539 g/mol. The molecule has 0 aromatic carbocycles. The van der Waals surface area contributed by atoms with E-state index in [1.165, 1.54) is 23.1 Å². The summed E-state index contributed by atoms with van der Waals surface area (Å²) in [4.78, 5) is 2.55. The van der Waals surface area contributed by atoms with Crippen molar-refractivity contribution in [1.29, 1.82) is 0 Å². The first-order valence-electron chi connectivity index (χ1n) is 11.9. The number of hydrogen-bond acceptors (Lipinski definition) is 5. The maximum atomic E-state index is 11.7. The van der Waals surface area contributed by atoms with Crippen LogP contribution >= 0.6 is 23.5 Å². The van der Waals surface area contributed by atoms with E-state index in [4.69, 9.17) is 16.7 Å². The molecule has 2 aliphatic carbocycles. The van der Waals surface area contributed by atoms with Gasteiger partial charge < -0.3 is 37.2 Å². The minimum absolute atomic E-state index is 0. The molecule has 0 bridgehead atoms. The molecule has 3 rings (SSSR count). The van der Waals surface area contributed by atoms with Gasteiger partial charge >= 0.3 is 0 Å². The van der Waals surface area contributed by atoms with Gasteiger partial charge in [0.05, 0.1) is 5.60 Å². The number of nitrogens with zero attached hydrogens (tertiary/aromatic N) is 1. The van der Waals surface area contributed by atoms with Gasteiger partial charge in [0.15, 0.2) is 0 Å². The molecule has 208 valence electrons. The molecule has 0 aromatic rings. The van der Waals surface area contributed by atoms with Crippen LogP contribution in [0.3, 0.4) is 0 Å². The van der Waals surface area contributed by atoms with Gasteiger partial charge in [-0.25, -0.2) is 0 Å². The SMILES string of the molecule is CC(C)[C@H](CN1CC[C@](O)(C2=CCC(Cl)CC2)C(C)(C)C1)NCC1=CC(SN)CC=C1.O.O.O.O. The number of alkyl halides is 1. The molecule has 0 amide bonds. The molecular formula is C25H50ClN3O5S. The van der Waals surface area contributed by atoms with Crippen molar-refractivity contribution in [3.8, 4) is 0 Å². The predicted octanol–water partition coefficient (Wildman–Crippen LogP) is 1.34. The number of allylic oxidation sites excluding steroid dienone is 2. The summed E-state index contributed by atoms with van der Waals surface area (Å²) in [6.07, 6.45) is 13.6. The highest BCUT2D eigenvalue weighted by atomic mass is 35.5. The van der Waals surface area contributed by atoms with Crippen molar-refractivity contribution in [2.45, 2.75) is 82.1 Å². The third kappa shape index (κ3) is 9.10. The van der Waals surface area contributed by atoms with Gasteiger partial charge in [0.25, 0.3) is 0 Å². The van der Waals surface area contributed by atoms with Crippen LogP contribution < -0.4 is 10.5 Å². The third-order valence-corrected chi connectivity index (χ3v) is 8.58. The molecule has 0 aromatic heterocycles. The van der Waals surface area contributed by atoms with Gasteiger partial charge in [-0.3, -0.25) is 5.14 Å². The van der Waals surface area contributed by atoms with E-state index in [1.54, 1.807) is 0 Å². The zero-order valence-corrected chi connectivity index (χ0v) is 23.3. The minimum Gasteiger partial charge on any atom is -0.412 e. The summed E-state index contributed by atoms with van der Waals surface area (Å²) >= 11 is 7.72. The second-order valence-electron chi connectivity index (χ2n) is 10.6. The van der Waals surface area contributed by atoms with E-state index in [-0.39, 0.29) is 32.7 Å². The van der Waals surface area contributed by atoms with Crippen LogP contribution in [0.1, 0.15) is 59.8 Å². The second kappa shape index (κ2) is 15.7. The quantitative estimate of drug-likeness (QED) is 0.238. The molecule has 3 aliphatic rings. The summed E-state index contributed by atoms with van der Waals surface area (Å²) in [7, 11) is 0. The topological polar surface area (TPSA) is 188 Å². The zero-order chi connectivity index (χ0) is 22.6. The van der Waals surface area contributed by atoms with Crippen molar-refractivity contribution in [3.05, 3.63) is 35.5 Å². The summed E-state index contributed by atoms with van der Waals surface area (Å²) in [6, 6.07) is 0.410. The number of piperidine rings is 1. The van der Waals surface area contributed by atoms with Gasteiger partial charge in [-0.15, -0.1) is 11.6 Å². The summed E-state index contributed by atoms with van der Waals surface area (Å²) < 4.78 is 0. The lowest BCUT2D eigenvalue weighted by Gasteiger charge is -2.53. The predicted molar refractivity (Wildman–Crippen MR) is 150 cm³/mol. The number of nitrogens with two attached hydrogens (primary N) is 1. The molecule has 1 heterocycles. The molecule has 0 spiro atoms. The van der Waals surface area contributed by atoms with E-state index in [0.717, 1.165) is 58.3 Å². The standard InChI is InChI=1S/C25H42ClN3OS.4H2O/c1-18(2)23(28-15-19-6-5-7-22(14-19)31-27)16-29-13-12-25(30,24(3,4)17-29)20-8-10-21(26)11-9-20;;;;/h5-6,8,14,18,21-23,28,30H,7,9-13,15-17,27H2,1-4H3;4*1H2/t21?,22?,23-,25-;;;;/m0..../s1.